The first kappa shape index (κ1) is 8.50. The van der Waals surface area contributed by atoms with Crippen LogP contribution in [0.3, 0.4) is 0 Å². The zero-order chi connectivity index (χ0) is 8.48. The maximum atomic E-state index is 12.8. The van der Waals surface area contributed by atoms with E-state index in [1.54, 1.807) is 0 Å². The minimum absolute atomic E-state index is 0.0670. The summed E-state index contributed by atoms with van der Waals surface area (Å²) >= 11 is 0. The number of rotatable bonds is 3. The molecule has 0 unspecified atom stereocenters. The summed E-state index contributed by atoms with van der Waals surface area (Å²) in [4.78, 5) is 10.9. The molecule has 3 heteroatoms. The van der Waals surface area contributed by atoms with Gasteiger partial charge in [0, 0.05) is 0 Å². The predicted molar refractivity (Wildman–Crippen MR) is 38.9 cm³/mol. The molecule has 2 nitrogen and oxygen atoms in total. The summed E-state index contributed by atoms with van der Waals surface area (Å²) in [5, 5.41) is 0. The molecule has 0 spiro atoms. The molecule has 0 bridgehead atoms. The fraction of sp³-hybridized carbons (Fsp3) is 0.875. The predicted octanol–water partition coefficient (Wildman–Crippen LogP) is 1.69. The van der Waals surface area contributed by atoms with Crippen molar-refractivity contribution in [1.82, 2.24) is 0 Å². The number of ether oxygens (including phenoxy) is 1. The minimum Gasteiger partial charge on any atom is -0.462 e. The number of alkyl halides is 1. The highest BCUT2D eigenvalue weighted by Crippen LogP contribution is 2.30. The second-order valence-corrected chi connectivity index (χ2v) is 3.60. The summed E-state index contributed by atoms with van der Waals surface area (Å²) in [6, 6.07) is 0. The molecule has 0 heterocycles. The van der Waals surface area contributed by atoms with Gasteiger partial charge in [-0.15, -0.1) is 0 Å². The van der Waals surface area contributed by atoms with Crippen molar-refractivity contribution in [3.05, 3.63) is 0 Å². The van der Waals surface area contributed by atoms with Gasteiger partial charge in [-0.2, -0.15) is 0 Å². The van der Waals surface area contributed by atoms with Crippen LogP contribution in [0.25, 0.3) is 0 Å². The Morgan fingerprint density at radius 1 is 1.64 bits per heavy atom. The molecular formula is C8H13FO2. The molecular weight excluding hydrogens is 147 g/mol. The van der Waals surface area contributed by atoms with Crippen molar-refractivity contribution >= 4 is 5.97 Å². The molecule has 0 amide bonds. The van der Waals surface area contributed by atoms with Crippen molar-refractivity contribution in [3.8, 4) is 0 Å². The van der Waals surface area contributed by atoms with Crippen molar-refractivity contribution in [2.24, 2.45) is 5.92 Å². The van der Waals surface area contributed by atoms with Crippen LogP contribution in [-0.4, -0.2) is 18.2 Å². The number of carbonyl (C=O) groups excluding carboxylic acids is 1. The zero-order valence-electron chi connectivity index (χ0n) is 6.89. The number of hydrogen-bond acceptors (Lipinski definition) is 2. The van der Waals surface area contributed by atoms with E-state index in [9.17, 15) is 9.18 Å². The Balaban J connectivity index is 2.16. The van der Waals surface area contributed by atoms with Crippen LogP contribution >= 0.6 is 0 Å². The number of carbonyl (C=O) groups is 1. The van der Waals surface area contributed by atoms with Gasteiger partial charge in [0.1, 0.15) is 12.3 Å². The molecule has 64 valence electrons. The minimum atomic E-state index is -1.40. The van der Waals surface area contributed by atoms with Crippen LogP contribution in [0.15, 0.2) is 0 Å². The smallest absolute Gasteiger partial charge is 0.309 e. The SMILES string of the molecule is CC(C)(F)COC(=O)C1CC1. The molecule has 1 aliphatic rings. The lowest BCUT2D eigenvalue weighted by atomic mass is 10.2. The number of hydrogen-bond donors (Lipinski definition) is 0. The first-order chi connectivity index (χ1) is 4.99. The van der Waals surface area contributed by atoms with E-state index in [-0.39, 0.29) is 18.5 Å². The van der Waals surface area contributed by atoms with Gasteiger partial charge in [0.05, 0.1) is 5.92 Å². The molecule has 0 aliphatic heterocycles. The lowest BCUT2D eigenvalue weighted by molar-refractivity contribution is -0.148. The van der Waals surface area contributed by atoms with E-state index < -0.39 is 5.67 Å². The van der Waals surface area contributed by atoms with Crippen molar-refractivity contribution < 1.29 is 13.9 Å². The third-order valence-electron chi connectivity index (χ3n) is 1.47. The van der Waals surface area contributed by atoms with Gasteiger partial charge in [-0.25, -0.2) is 4.39 Å². The summed E-state index contributed by atoms with van der Waals surface area (Å²) < 4.78 is 17.5. The molecule has 0 aromatic carbocycles. The van der Waals surface area contributed by atoms with E-state index in [1.165, 1.54) is 13.8 Å². The van der Waals surface area contributed by atoms with Crippen LogP contribution in [0.1, 0.15) is 26.7 Å². The van der Waals surface area contributed by atoms with Crippen molar-refractivity contribution in [1.29, 1.82) is 0 Å². The fourth-order valence-electron chi connectivity index (χ4n) is 0.680. The third-order valence-corrected chi connectivity index (χ3v) is 1.47. The Bertz CT molecular complexity index is 156. The van der Waals surface area contributed by atoms with Crippen molar-refractivity contribution in [2.45, 2.75) is 32.4 Å². The van der Waals surface area contributed by atoms with E-state index in [0.29, 0.717) is 0 Å². The quantitative estimate of drug-likeness (QED) is 0.587. The highest BCUT2D eigenvalue weighted by Gasteiger charge is 2.32. The Morgan fingerprint density at radius 2 is 2.18 bits per heavy atom. The molecule has 0 saturated heterocycles. The second kappa shape index (κ2) is 2.80. The normalized spacial score (nSPS) is 18.1. The van der Waals surface area contributed by atoms with E-state index >= 15 is 0 Å². The van der Waals surface area contributed by atoms with E-state index in [1.807, 2.05) is 0 Å². The zero-order valence-corrected chi connectivity index (χ0v) is 6.89. The highest BCUT2D eigenvalue weighted by atomic mass is 19.1. The van der Waals surface area contributed by atoms with Gasteiger partial charge in [0.25, 0.3) is 0 Å². The van der Waals surface area contributed by atoms with Gasteiger partial charge in [-0.3, -0.25) is 4.79 Å². The van der Waals surface area contributed by atoms with Crippen LogP contribution in [0, 0.1) is 5.92 Å². The molecule has 0 radical (unpaired) electrons. The van der Waals surface area contributed by atoms with E-state index in [4.69, 9.17) is 4.74 Å². The summed E-state index contributed by atoms with van der Waals surface area (Å²) in [6.45, 7) is 2.67. The number of esters is 1. The molecule has 1 aliphatic carbocycles. The Kier molecular flexibility index (Phi) is 2.16. The molecule has 11 heavy (non-hydrogen) atoms. The Hall–Kier alpha value is -0.600. The van der Waals surface area contributed by atoms with Crippen LogP contribution in [0.2, 0.25) is 0 Å². The summed E-state index contributed by atoms with van der Waals surface area (Å²) in [5.74, 6) is -0.173. The van der Waals surface area contributed by atoms with Crippen LogP contribution in [-0.2, 0) is 9.53 Å². The van der Waals surface area contributed by atoms with Gasteiger partial charge in [-0.1, -0.05) is 0 Å². The Labute approximate surface area is 65.7 Å². The van der Waals surface area contributed by atoms with Gasteiger partial charge in [0.15, 0.2) is 0 Å². The maximum Gasteiger partial charge on any atom is 0.309 e. The topological polar surface area (TPSA) is 26.3 Å². The van der Waals surface area contributed by atoms with Crippen molar-refractivity contribution in [2.75, 3.05) is 6.61 Å². The summed E-state index contributed by atoms with van der Waals surface area (Å²) in [6.07, 6.45) is 1.82. The highest BCUT2D eigenvalue weighted by molar-refractivity contribution is 5.74. The molecule has 1 rings (SSSR count). The third kappa shape index (κ3) is 3.35. The van der Waals surface area contributed by atoms with E-state index in [2.05, 4.69) is 0 Å². The molecule has 0 atom stereocenters. The van der Waals surface area contributed by atoms with Gasteiger partial charge >= 0.3 is 5.97 Å². The second-order valence-electron chi connectivity index (χ2n) is 3.60. The fourth-order valence-corrected chi connectivity index (χ4v) is 0.680. The van der Waals surface area contributed by atoms with Gasteiger partial charge < -0.3 is 4.74 Å². The first-order valence-electron chi connectivity index (χ1n) is 3.84. The average molecular weight is 160 g/mol. The standard InChI is InChI=1S/C8H13FO2/c1-8(2,9)5-11-7(10)6-3-4-6/h6H,3-5H2,1-2H3. The lowest BCUT2D eigenvalue weighted by Crippen LogP contribution is -2.23. The van der Waals surface area contributed by atoms with E-state index in [0.717, 1.165) is 12.8 Å². The van der Waals surface area contributed by atoms with Gasteiger partial charge in [0.2, 0.25) is 0 Å². The monoisotopic (exact) mass is 160 g/mol. The maximum absolute atomic E-state index is 12.8. The number of halogens is 1. The molecule has 0 N–H and O–H groups in total. The first-order valence-corrected chi connectivity index (χ1v) is 3.84. The van der Waals surface area contributed by atoms with Crippen LogP contribution in [0.5, 0.6) is 0 Å². The molecule has 0 aromatic rings. The van der Waals surface area contributed by atoms with Crippen LogP contribution < -0.4 is 0 Å². The lowest BCUT2D eigenvalue weighted by Gasteiger charge is -2.13. The average Bonchev–Trinajstić information content (AvgIpc) is 2.61. The van der Waals surface area contributed by atoms with Crippen LogP contribution in [0.4, 0.5) is 4.39 Å². The molecule has 0 aromatic heterocycles. The van der Waals surface area contributed by atoms with Gasteiger partial charge in [-0.05, 0) is 26.7 Å². The molecule has 1 saturated carbocycles. The Morgan fingerprint density at radius 3 is 2.55 bits per heavy atom. The largest absolute Gasteiger partial charge is 0.462 e. The summed E-state index contributed by atoms with van der Waals surface area (Å²) in [7, 11) is 0. The molecule has 1 fully saturated rings. The summed E-state index contributed by atoms with van der Waals surface area (Å²) in [5.41, 5.74) is -1.40. The van der Waals surface area contributed by atoms with Crippen molar-refractivity contribution in [3.63, 3.8) is 0 Å².